The molecular formula is C13H30N4O2S. The molecule has 1 saturated heterocycles. The molecule has 1 aliphatic rings. The van der Waals surface area contributed by atoms with Gasteiger partial charge in [0.05, 0.1) is 0 Å². The zero-order valence-electron chi connectivity index (χ0n) is 13.3. The van der Waals surface area contributed by atoms with Crippen LogP contribution in [-0.2, 0) is 10.2 Å². The van der Waals surface area contributed by atoms with Gasteiger partial charge in [0.15, 0.2) is 0 Å². The van der Waals surface area contributed by atoms with Crippen molar-refractivity contribution in [1.82, 2.24) is 18.8 Å². The third-order valence-corrected chi connectivity index (χ3v) is 6.03. The summed E-state index contributed by atoms with van der Waals surface area (Å²) >= 11 is 0. The molecule has 1 fully saturated rings. The largest absolute Gasteiger partial charge is 0.317 e. The standard InChI is InChI=1S/C13H30N4O2S/c1-5-14-9-6-10-16(3)20(18,19)17(4)13-7-11-15(2)12-8-13/h13-14H,5-12H2,1-4H3. The molecule has 0 aromatic heterocycles. The van der Waals surface area contributed by atoms with Crippen LogP contribution in [-0.4, -0.2) is 81.8 Å². The second kappa shape index (κ2) is 8.29. The third kappa shape index (κ3) is 4.96. The highest BCUT2D eigenvalue weighted by atomic mass is 32.2. The van der Waals surface area contributed by atoms with E-state index in [4.69, 9.17) is 0 Å². The average molecular weight is 306 g/mol. The van der Waals surface area contributed by atoms with Crippen LogP contribution in [0.2, 0.25) is 0 Å². The minimum absolute atomic E-state index is 0.132. The molecule has 6 nitrogen and oxygen atoms in total. The van der Waals surface area contributed by atoms with Crippen LogP contribution in [0.15, 0.2) is 0 Å². The van der Waals surface area contributed by atoms with Gasteiger partial charge in [0, 0.05) is 26.7 Å². The fraction of sp³-hybridized carbons (Fsp3) is 1.00. The maximum absolute atomic E-state index is 12.5. The molecule has 0 atom stereocenters. The van der Waals surface area contributed by atoms with Crippen molar-refractivity contribution in [2.75, 3.05) is 53.9 Å². The van der Waals surface area contributed by atoms with Crippen molar-refractivity contribution in [2.24, 2.45) is 0 Å². The van der Waals surface area contributed by atoms with Crippen LogP contribution in [0.4, 0.5) is 0 Å². The molecule has 0 unspecified atom stereocenters. The van der Waals surface area contributed by atoms with E-state index in [0.717, 1.165) is 45.4 Å². The first-order chi connectivity index (χ1) is 9.39. The maximum atomic E-state index is 12.5. The van der Waals surface area contributed by atoms with Crippen LogP contribution in [0, 0.1) is 0 Å². The van der Waals surface area contributed by atoms with Gasteiger partial charge in [-0.15, -0.1) is 0 Å². The van der Waals surface area contributed by atoms with Crippen molar-refractivity contribution in [2.45, 2.75) is 32.2 Å². The minimum Gasteiger partial charge on any atom is -0.317 e. The first-order valence-electron chi connectivity index (χ1n) is 7.48. The highest BCUT2D eigenvalue weighted by Gasteiger charge is 2.31. The summed E-state index contributed by atoms with van der Waals surface area (Å²) in [4.78, 5) is 2.25. The maximum Gasteiger partial charge on any atom is 0.281 e. The van der Waals surface area contributed by atoms with Crippen molar-refractivity contribution in [3.8, 4) is 0 Å². The lowest BCUT2D eigenvalue weighted by atomic mass is 10.1. The lowest BCUT2D eigenvalue weighted by Crippen LogP contribution is -2.49. The summed E-state index contributed by atoms with van der Waals surface area (Å²) in [7, 11) is 2.15. The quantitative estimate of drug-likeness (QED) is 0.651. The van der Waals surface area contributed by atoms with E-state index in [1.165, 1.54) is 4.31 Å². The Balaban J connectivity index is 2.49. The van der Waals surface area contributed by atoms with Crippen LogP contribution in [0.25, 0.3) is 0 Å². The Bertz CT molecular complexity index is 367. The van der Waals surface area contributed by atoms with Gasteiger partial charge in [-0.25, -0.2) is 0 Å². The van der Waals surface area contributed by atoms with Crippen LogP contribution in [0.5, 0.6) is 0 Å². The second-order valence-electron chi connectivity index (χ2n) is 5.59. The molecule has 1 N–H and O–H groups in total. The van der Waals surface area contributed by atoms with Gasteiger partial charge in [0.2, 0.25) is 0 Å². The molecule has 0 amide bonds. The Morgan fingerprint density at radius 2 is 1.85 bits per heavy atom. The summed E-state index contributed by atoms with van der Waals surface area (Å²) in [5.41, 5.74) is 0. The smallest absolute Gasteiger partial charge is 0.281 e. The van der Waals surface area contributed by atoms with E-state index >= 15 is 0 Å². The Labute approximate surface area is 124 Å². The molecule has 0 aromatic carbocycles. The summed E-state index contributed by atoms with van der Waals surface area (Å²) in [5.74, 6) is 0. The molecule has 0 bridgehead atoms. The molecule has 1 heterocycles. The molecule has 0 aromatic rings. The van der Waals surface area contributed by atoms with Gasteiger partial charge in [-0.3, -0.25) is 0 Å². The van der Waals surface area contributed by atoms with Crippen LogP contribution in [0.3, 0.4) is 0 Å². The zero-order valence-corrected chi connectivity index (χ0v) is 14.1. The average Bonchev–Trinajstić information content (AvgIpc) is 2.43. The Hall–Kier alpha value is -0.210. The topological polar surface area (TPSA) is 55.9 Å². The van der Waals surface area contributed by atoms with E-state index in [1.54, 1.807) is 18.4 Å². The monoisotopic (exact) mass is 306 g/mol. The Morgan fingerprint density at radius 3 is 2.40 bits per heavy atom. The van der Waals surface area contributed by atoms with Crippen LogP contribution >= 0.6 is 0 Å². The Kier molecular flexibility index (Phi) is 7.39. The molecular weight excluding hydrogens is 276 g/mol. The summed E-state index contributed by atoms with van der Waals surface area (Å²) in [6.07, 6.45) is 2.67. The zero-order chi connectivity index (χ0) is 15.2. The molecule has 1 aliphatic heterocycles. The van der Waals surface area contributed by atoms with Gasteiger partial charge < -0.3 is 10.2 Å². The number of piperidine rings is 1. The van der Waals surface area contributed by atoms with Gasteiger partial charge >= 0.3 is 0 Å². The molecule has 0 saturated carbocycles. The predicted octanol–water partition coefficient (Wildman–Crippen LogP) is 0.189. The number of likely N-dealkylation sites (tertiary alicyclic amines) is 1. The summed E-state index contributed by atoms with van der Waals surface area (Å²) in [6.45, 7) is 6.32. The number of hydrogen-bond donors (Lipinski definition) is 1. The number of rotatable bonds is 8. The first-order valence-corrected chi connectivity index (χ1v) is 8.87. The van der Waals surface area contributed by atoms with Gasteiger partial charge in [-0.1, -0.05) is 6.92 Å². The molecule has 120 valence electrons. The molecule has 0 spiro atoms. The number of hydrogen-bond acceptors (Lipinski definition) is 4. The Morgan fingerprint density at radius 1 is 1.25 bits per heavy atom. The fourth-order valence-electron chi connectivity index (χ4n) is 2.49. The normalized spacial score (nSPS) is 19.1. The summed E-state index contributed by atoms with van der Waals surface area (Å²) in [6, 6.07) is 0.132. The summed E-state index contributed by atoms with van der Waals surface area (Å²) < 4.78 is 28.0. The minimum atomic E-state index is -3.32. The molecule has 1 rings (SSSR count). The van der Waals surface area contributed by atoms with Gasteiger partial charge in [0.25, 0.3) is 10.2 Å². The van der Waals surface area contributed by atoms with Gasteiger partial charge in [0.1, 0.15) is 0 Å². The molecule has 7 heteroatoms. The van der Waals surface area contributed by atoms with E-state index in [-0.39, 0.29) is 6.04 Å². The van der Waals surface area contributed by atoms with E-state index in [2.05, 4.69) is 17.3 Å². The fourth-order valence-corrected chi connectivity index (χ4v) is 3.87. The van der Waals surface area contributed by atoms with E-state index in [1.807, 2.05) is 6.92 Å². The number of nitrogens with one attached hydrogen (secondary N) is 1. The third-order valence-electron chi connectivity index (χ3n) is 4.04. The van der Waals surface area contributed by atoms with Crippen molar-refractivity contribution in [3.63, 3.8) is 0 Å². The lowest BCUT2D eigenvalue weighted by molar-refractivity contribution is 0.192. The summed E-state index contributed by atoms with van der Waals surface area (Å²) in [5, 5.41) is 3.21. The van der Waals surface area contributed by atoms with Gasteiger partial charge in [-0.2, -0.15) is 17.0 Å². The van der Waals surface area contributed by atoms with Crippen molar-refractivity contribution in [1.29, 1.82) is 0 Å². The van der Waals surface area contributed by atoms with E-state index < -0.39 is 10.2 Å². The van der Waals surface area contributed by atoms with Crippen molar-refractivity contribution in [3.05, 3.63) is 0 Å². The van der Waals surface area contributed by atoms with Crippen molar-refractivity contribution < 1.29 is 8.42 Å². The molecule has 0 radical (unpaired) electrons. The first kappa shape index (κ1) is 17.8. The predicted molar refractivity (Wildman–Crippen MR) is 83.0 cm³/mol. The van der Waals surface area contributed by atoms with Crippen molar-refractivity contribution >= 4 is 10.2 Å². The van der Waals surface area contributed by atoms with Gasteiger partial charge in [-0.05, 0) is 52.5 Å². The highest BCUT2D eigenvalue weighted by Crippen LogP contribution is 2.18. The van der Waals surface area contributed by atoms with Crippen LogP contribution in [0.1, 0.15) is 26.2 Å². The SMILES string of the molecule is CCNCCCN(C)S(=O)(=O)N(C)C1CCN(C)CC1. The lowest BCUT2D eigenvalue weighted by Gasteiger charge is -2.36. The van der Waals surface area contributed by atoms with Crippen LogP contribution < -0.4 is 5.32 Å². The van der Waals surface area contributed by atoms with E-state index in [9.17, 15) is 8.42 Å². The molecule has 0 aliphatic carbocycles. The highest BCUT2D eigenvalue weighted by molar-refractivity contribution is 7.86. The van der Waals surface area contributed by atoms with E-state index in [0.29, 0.717) is 6.54 Å². The second-order valence-corrected chi connectivity index (χ2v) is 7.68. The number of nitrogens with zero attached hydrogens (tertiary/aromatic N) is 3. The molecule has 20 heavy (non-hydrogen) atoms.